The largest absolute Gasteiger partial charge is 0.493 e. The SMILES string of the molecule is CCCOc1ccc(Br)cc1C(=O)NNC(=O)c1ccc(OCC(C)C)cc1. The van der Waals surface area contributed by atoms with E-state index in [9.17, 15) is 9.59 Å². The number of ether oxygens (including phenoxy) is 2. The summed E-state index contributed by atoms with van der Waals surface area (Å²) in [5.74, 6) is 0.694. The van der Waals surface area contributed by atoms with Gasteiger partial charge in [0, 0.05) is 10.0 Å². The molecule has 0 aliphatic heterocycles. The van der Waals surface area contributed by atoms with E-state index in [2.05, 4.69) is 40.6 Å². The van der Waals surface area contributed by atoms with E-state index in [0.717, 1.165) is 10.9 Å². The molecule has 2 rings (SSSR count). The number of carbonyl (C=O) groups excluding carboxylic acids is 2. The summed E-state index contributed by atoms with van der Waals surface area (Å²) >= 11 is 3.34. The van der Waals surface area contributed by atoms with E-state index < -0.39 is 11.8 Å². The third kappa shape index (κ3) is 6.56. The molecule has 2 amide bonds. The molecular weight excluding hydrogens is 424 g/mol. The molecule has 0 atom stereocenters. The van der Waals surface area contributed by atoms with Crippen molar-refractivity contribution >= 4 is 27.7 Å². The van der Waals surface area contributed by atoms with Crippen LogP contribution in [0, 0.1) is 5.92 Å². The maximum atomic E-state index is 12.5. The maximum absolute atomic E-state index is 12.5. The summed E-state index contributed by atoms with van der Waals surface area (Å²) in [6.45, 7) is 7.22. The van der Waals surface area contributed by atoms with Gasteiger partial charge in [-0.25, -0.2) is 0 Å². The van der Waals surface area contributed by atoms with Gasteiger partial charge in [-0.15, -0.1) is 0 Å². The minimum Gasteiger partial charge on any atom is -0.493 e. The molecular formula is C21H25BrN2O4. The van der Waals surface area contributed by atoms with Crippen LogP contribution in [0.4, 0.5) is 0 Å². The number of hydrogen-bond donors (Lipinski definition) is 2. The Morgan fingerprint density at radius 3 is 2.32 bits per heavy atom. The van der Waals surface area contributed by atoms with Gasteiger partial charge in [0.1, 0.15) is 11.5 Å². The van der Waals surface area contributed by atoms with Gasteiger partial charge in [0.2, 0.25) is 0 Å². The van der Waals surface area contributed by atoms with Gasteiger partial charge in [-0.3, -0.25) is 20.4 Å². The van der Waals surface area contributed by atoms with E-state index in [1.54, 1.807) is 42.5 Å². The molecule has 0 saturated carbocycles. The number of hydrazine groups is 1. The fourth-order valence-corrected chi connectivity index (χ4v) is 2.60. The van der Waals surface area contributed by atoms with Crippen molar-refractivity contribution in [2.24, 2.45) is 5.92 Å². The predicted octanol–water partition coefficient (Wildman–Crippen LogP) is 4.35. The highest BCUT2D eigenvalue weighted by atomic mass is 79.9. The molecule has 0 fully saturated rings. The quantitative estimate of drug-likeness (QED) is 0.588. The van der Waals surface area contributed by atoms with Gasteiger partial charge in [-0.1, -0.05) is 36.7 Å². The Balaban J connectivity index is 1.97. The van der Waals surface area contributed by atoms with Crippen LogP contribution >= 0.6 is 15.9 Å². The van der Waals surface area contributed by atoms with Crippen LogP contribution in [0.15, 0.2) is 46.9 Å². The van der Waals surface area contributed by atoms with Gasteiger partial charge in [0.15, 0.2) is 0 Å². The lowest BCUT2D eigenvalue weighted by Gasteiger charge is -2.13. The van der Waals surface area contributed by atoms with Crippen molar-refractivity contribution in [3.8, 4) is 11.5 Å². The Bertz CT molecular complexity index is 807. The van der Waals surface area contributed by atoms with Crippen molar-refractivity contribution in [2.45, 2.75) is 27.2 Å². The number of nitrogens with one attached hydrogen (secondary N) is 2. The average Bonchev–Trinajstić information content (AvgIpc) is 2.69. The molecule has 0 bridgehead atoms. The summed E-state index contributed by atoms with van der Waals surface area (Å²) in [4.78, 5) is 24.7. The van der Waals surface area contributed by atoms with Crippen LogP contribution in [-0.2, 0) is 0 Å². The average molecular weight is 449 g/mol. The zero-order valence-corrected chi connectivity index (χ0v) is 17.8. The molecule has 0 heterocycles. The standard InChI is InChI=1S/C21H25BrN2O4/c1-4-11-27-19-10-7-16(22)12-18(19)21(26)24-23-20(25)15-5-8-17(9-6-15)28-13-14(2)3/h5-10,12,14H,4,11,13H2,1-3H3,(H,23,25)(H,24,26). The molecule has 2 aromatic rings. The second-order valence-corrected chi connectivity index (χ2v) is 7.54. The second kappa shape index (κ2) is 10.7. The normalized spacial score (nSPS) is 10.5. The van der Waals surface area contributed by atoms with Gasteiger partial charge >= 0.3 is 0 Å². The van der Waals surface area contributed by atoms with Gasteiger partial charge in [-0.2, -0.15) is 0 Å². The van der Waals surface area contributed by atoms with Crippen LogP contribution in [-0.4, -0.2) is 25.0 Å². The van der Waals surface area contributed by atoms with Crippen LogP contribution in [0.5, 0.6) is 11.5 Å². The lowest BCUT2D eigenvalue weighted by atomic mass is 10.2. The minimum absolute atomic E-state index is 0.334. The summed E-state index contributed by atoms with van der Waals surface area (Å²) in [5, 5.41) is 0. The van der Waals surface area contributed by atoms with E-state index >= 15 is 0 Å². The van der Waals surface area contributed by atoms with Gasteiger partial charge in [0.05, 0.1) is 18.8 Å². The minimum atomic E-state index is -0.461. The summed E-state index contributed by atoms with van der Waals surface area (Å²) in [6, 6.07) is 11.9. The Hall–Kier alpha value is -2.54. The highest BCUT2D eigenvalue weighted by Gasteiger charge is 2.15. The first kappa shape index (κ1) is 21.8. The summed E-state index contributed by atoms with van der Waals surface area (Å²) in [6.07, 6.45) is 0.824. The van der Waals surface area contributed by atoms with Crippen LogP contribution in [0.1, 0.15) is 47.9 Å². The fraction of sp³-hybridized carbons (Fsp3) is 0.333. The Labute approximate surface area is 173 Å². The van der Waals surface area contributed by atoms with Crippen molar-refractivity contribution < 1.29 is 19.1 Å². The molecule has 0 aliphatic carbocycles. The van der Waals surface area contributed by atoms with E-state index in [1.165, 1.54) is 0 Å². The second-order valence-electron chi connectivity index (χ2n) is 6.63. The van der Waals surface area contributed by atoms with Crippen LogP contribution < -0.4 is 20.3 Å². The number of hydrogen-bond acceptors (Lipinski definition) is 4. The van der Waals surface area contributed by atoms with Gasteiger partial charge < -0.3 is 9.47 Å². The molecule has 2 aromatic carbocycles. The molecule has 0 radical (unpaired) electrons. The molecule has 7 heteroatoms. The Morgan fingerprint density at radius 2 is 1.68 bits per heavy atom. The maximum Gasteiger partial charge on any atom is 0.273 e. The monoisotopic (exact) mass is 448 g/mol. The van der Waals surface area contributed by atoms with E-state index in [0.29, 0.717) is 41.8 Å². The lowest BCUT2D eigenvalue weighted by Crippen LogP contribution is -2.41. The number of amides is 2. The zero-order valence-electron chi connectivity index (χ0n) is 16.3. The molecule has 0 unspecified atom stereocenters. The van der Waals surface area contributed by atoms with E-state index in [-0.39, 0.29) is 0 Å². The molecule has 150 valence electrons. The molecule has 0 saturated heterocycles. The highest BCUT2D eigenvalue weighted by Crippen LogP contribution is 2.23. The first-order valence-corrected chi connectivity index (χ1v) is 9.96. The number of halogens is 1. The number of carbonyl (C=O) groups is 2. The molecule has 2 N–H and O–H groups in total. The summed E-state index contributed by atoms with van der Waals surface area (Å²) in [7, 11) is 0. The van der Waals surface area contributed by atoms with Crippen LogP contribution in [0.2, 0.25) is 0 Å². The van der Waals surface area contributed by atoms with Gasteiger partial charge in [0.25, 0.3) is 11.8 Å². The topological polar surface area (TPSA) is 76.7 Å². The highest BCUT2D eigenvalue weighted by molar-refractivity contribution is 9.10. The number of benzene rings is 2. The summed E-state index contributed by atoms with van der Waals surface area (Å²) in [5.41, 5.74) is 5.59. The smallest absolute Gasteiger partial charge is 0.273 e. The summed E-state index contributed by atoms with van der Waals surface area (Å²) < 4.78 is 11.9. The molecule has 0 spiro atoms. The molecule has 6 nitrogen and oxygen atoms in total. The van der Waals surface area contributed by atoms with Crippen molar-refractivity contribution in [2.75, 3.05) is 13.2 Å². The predicted molar refractivity (Wildman–Crippen MR) is 112 cm³/mol. The molecule has 0 aromatic heterocycles. The van der Waals surface area contributed by atoms with E-state index in [1.807, 2.05) is 6.92 Å². The van der Waals surface area contributed by atoms with Crippen LogP contribution in [0.3, 0.4) is 0 Å². The van der Waals surface area contributed by atoms with Crippen LogP contribution in [0.25, 0.3) is 0 Å². The Kier molecular flexibility index (Phi) is 8.32. The molecule has 28 heavy (non-hydrogen) atoms. The Morgan fingerprint density at radius 1 is 1.00 bits per heavy atom. The third-order valence-corrected chi connectivity index (χ3v) is 4.13. The fourth-order valence-electron chi connectivity index (χ4n) is 2.24. The first-order valence-electron chi connectivity index (χ1n) is 9.16. The zero-order chi connectivity index (χ0) is 20.5. The third-order valence-electron chi connectivity index (χ3n) is 3.64. The van der Waals surface area contributed by atoms with E-state index in [4.69, 9.17) is 9.47 Å². The lowest BCUT2D eigenvalue weighted by molar-refractivity contribution is 0.0844. The first-order chi connectivity index (χ1) is 13.4. The molecule has 0 aliphatic rings. The van der Waals surface area contributed by atoms with Gasteiger partial charge in [-0.05, 0) is 54.8 Å². The van der Waals surface area contributed by atoms with Crippen molar-refractivity contribution in [1.82, 2.24) is 10.9 Å². The van der Waals surface area contributed by atoms with Crippen molar-refractivity contribution in [3.05, 3.63) is 58.1 Å². The number of rotatable bonds is 8. The van der Waals surface area contributed by atoms with Crippen molar-refractivity contribution in [1.29, 1.82) is 0 Å². The van der Waals surface area contributed by atoms with Crippen molar-refractivity contribution in [3.63, 3.8) is 0 Å².